The van der Waals surface area contributed by atoms with Crippen LogP contribution in [-0.4, -0.2) is 17.8 Å². The van der Waals surface area contributed by atoms with E-state index in [9.17, 15) is 18.3 Å². The average molecular weight is 268 g/mol. The molecule has 0 aliphatic carbocycles. The lowest BCUT2D eigenvalue weighted by atomic mass is 10.1. The van der Waals surface area contributed by atoms with E-state index in [1.165, 1.54) is 12.1 Å². The van der Waals surface area contributed by atoms with Crippen LogP contribution in [0.1, 0.15) is 18.9 Å². The van der Waals surface area contributed by atoms with Gasteiger partial charge in [0.05, 0.1) is 11.7 Å². The predicted molar refractivity (Wildman–Crippen MR) is 61.2 cm³/mol. The maximum Gasteiger partial charge on any atom is 0.418 e. The van der Waals surface area contributed by atoms with E-state index in [2.05, 4.69) is 5.32 Å². The van der Waals surface area contributed by atoms with Crippen LogP contribution in [-0.2, 0) is 6.18 Å². The van der Waals surface area contributed by atoms with Gasteiger partial charge in [0, 0.05) is 17.3 Å². The molecule has 0 spiro atoms. The molecule has 17 heavy (non-hydrogen) atoms. The van der Waals surface area contributed by atoms with Gasteiger partial charge >= 0.3 is 6.18 Å². The molecule has 6 heteroatoms. The lowest BCUT2D eigenvalue weighted by Gasteiger charge is -2.16. The van der Waals surface area contributed by atoms with Crippen LogP contribution in [0.4, 0.5) is 18.9 Å². The number of aliphatic hydroxyl groups is 1. The first-order valence-electron chi connectivity index (χ1n) is 5.13. The van der Waals surface area contributed by atoms with Crippen molar-refractivity contribution in [2.45, 2.75) is 25.6 Å². The summed E-state index contributed by atoms with van der Waals surface area (Å²) in [5.74, 6) is 0. The highest BCUT2D eigenvalue weighted by atomic mass is 35.5. The second kappa shape index (κ2) is 5.60. The third kappa shape index (κ3) is 4.09. The quantitative estimate of drug-likeness (QED) is 0.874. The van der Waals surface area contributed by atoms with Crippen molar-refractivity contribution < 1.29 is 18.3 Å². The van der Waals surface area contributed by atoms with Crippen molar-refractivity contribution in [3.05, 3.63) is 28.8 Å². The molecule has 0 aliphatic heterocycles. The summed E-state index contributed by atoms with van der Waals surface area (Å²) >= 11 is 5.54. The van der Waals surface area contributed by atoms with Crippen molar-refractivity contribution in [1.29, 1.82) is 0 Å². The van der Waals surface area contributed by atoms with E-state index in [0.29, 0.717) is 6.42 Å². The minimum absolute atomic E-state index is 0.0268. The van der Waals surface area contributed by atoms with Crippen molar-refractivity contribution in [3.63, 3.8) is 0 Å². The van der Waals surface area contributed by atoms with Gasteiger partial charge in [0.2, 0.25) is 0 Å². The fourth-order valence-corrected chi connectivity index (χ4v) is 1.45. The van der Waals surface area contributed by atoms with Gasteiger partial charge in [0.25, 0.3) is 0 Å². The van der Waals surface area contributed by atoms with Crippen LogP contribution in [0.3, 0.4) is 0 Å². The SMILES string of the molecule is CCC(O)CNc1ccc(Cl)cc1C(F)(F)F. The topological polar surface area (TPSA) is 32.3 Å². The summed E-state index contributed by atoms with van der Waals surface area (Å²) in [5, 5.41) is 11.9. The van der Waals surface area contributed by atoms with E-state index in [0.717, 1.165) is 6.07 Å². The molecule has 0 aromatic heterocycles. The van der Waals surface area contributed by atoms with Crippen LogP contribution in [0.25, 0.3) is 0 Å². The molecule has 96 valence electrons. The molecule has 0 heterocycles. The summed E-state index contributed by atoms with van der Waals surface area (Å²) in [7, 11) is 0. The number of hydrogen-bond acceptors (Lipinski definition) is 2. The maximum atomic E-state index is 12.7. The van der Waals surface area contributed by atoms with Crippen LogP contribution < -0.4 is 5.32 Å². The highest BCUT2D eigenvalue weighted by molar-refractivity contribution is 6.30. The van der Waals surface area contributed by atoms with Gasteiger partial charge < -0.3 is 10.4 Å². The van der Waals surface area contributed by atoms with Crippen LogP contribution in [0.2, 0.25) is 5.02 Å². The smallest absolute Gasteiger partial charge is 0.391 e. The third-order valence-electron chi connectivity index (χ3n) is 2.29. The first-order valence-corrected chi connectivity index (χ1v) is 5.51. The molecule has 0 radical (unpaired) electrons. The summed E-state index contributed by atoms with van der Waals surface area (Å²) in [6, 6.07) is 3.49. The maximum absolute atomic E-state index is 12.7. The van der Waals surface area contributed by atoms with Crippen molar-refractivity contribution in [2.24, 2.45) is 0 Å². The number of benzene rings is 1. The number of aliphatic hydroxyl groups excluding tert-OH is 1. The lowest BCUT2D eigenvalue weighted by Crippen LogP contribution is -2.20. The zero-order valence-electron chi connectivity index (χ0n) is 9.18. The van der Waals surface area contributed by atoms with Gasteiger partial charge in [-0.15, -0.1) is 0 Å². The highest BCUT2D eigenvalue weighted by Crippen LogP contribution is 2.36. The van der Waals surface area contributed by atoms with E-state index in [1.54, 1.807) is 6.92 Å². The molecule has 0 saturated carbocycles. The molecule has 1 rings (SSSR count). The first kappa shape index (κ1) is 14.1. The molecule has 0 aliphatic rings. The number of hydrogen-bond donors (Lipinski definition) is 2. The van der Waals surface area contributed by atoms with Crippen LogP contribution in [0.15, 0.2) is 18.2 Å². The Morgan fingerprint density at radius 1 is 1.41 bits per heavy atom. The summed E-state index contributed by atoms with van der Waals surface area (Å²) < 4.78 is 38.0. The summed E-state index contributed by atoms with van der Waals surface area (Å²) in [6.07, 6.45) is -4.67. The first-order chi connectivity index (χ1) is 7.84. The predicted octanol–water partition coefficient (Wildman–Crippen LogP) is 3.54. The van der Waals surface area contributed by atoms with E-state index in [4.69, 9.17) is 11.6 Å². The summed E-state index contributed by atoms with van der Waals surface area (Å²) in [5.41, 5.74) is -0.900. The number of nitrogens with one attached hydrogen (secondary N) is 1. The molecule has 0 bridgehead atoms. The van der Waals surface area contributed by atoms with E-state index in [1.807, 2.05) is 0 Å². The number of anilines is 1. The monoisotopic (exact) mass is 267 g/mol. The normalized spacial score (nSPS) is 13.5. The lowest BCUT2D eigenvalue weighted by molar-refractivity contribution is -0.137. The van der Waals surface area contributed by atoms with Gasteiger partial charge in [0.15, 0.2) is 0 Å². The minimum Gasteiger partial charge on any atom is -0.391 e. The molecule has 0 amide bonds. The Balaban J connectivity index is 2.91. The van der Waals surface area contributed by atoms with E-state index in [-0.39, 0.29) is 17.3 Å². The number of alkyl halides is 3. The zero-order valence-corrected chi connectivity index (χ0v) is 9.94. The van der Waals surface area contributed by atoms with Gasteiger partial charge in [-0.25, -0.2) is 0 Å². The van der Waals surface area contributed by atoms with Gasteiger partial charge in [-0.2, -0.15) is 13.2 Å². The molecule has 1 aromatic rings. The van der Waals surface area contributed by atoms with Gasteiger partial charge in [0.1, 0.15) is 0 Å². The van der Waals surface area contributed by atoms with Crippen molar-refractivity contribution in [3.8, 4) is 0 Å². The number of halogens is 4. The molecular weight excluding hydrogens is 255 g/mol. The van der Waals surface area contributed by atoms with Gasteiger partial charge in [-0.3, -0.25) is 0 Å². The van der Waals surface area contributed by atoms with E-state index < -0.39 is 17.8 Å². The Morgan fingerprint density at radius 3 is 2.59 bits per heavy atom. The van der Waals surface area contributed by atoms with Gasteiger partial charge in [-0.1, -0.05) is 18.5 Å². The molecular formula is C11H13ClF3NO. The Hall–Kier alpha value is -0.940. The van der Waals surface area contributed by atoms with Crippen LogP contribution in [0.5, 0.6) is 0 Å². The highest BCUT2D eigenvalue weighted by Gasteiger charge is 2.33. The largest absolute Gasteiger partial charge is 0.418 e. The zero-order chi connectivity index (χ0) is 13.1. The van der Waals surface area contributed by atoms with Gasteiger partial charge in [-0.05, 0) is 24.6 Å². The summed E-state index contributed by atoms with van der Waals surface area (Å²) in [4.78, 5) is 0. The molecule has 0 saturated heterocycles. The van der Waals surface area contributed by atoms with Crippen molar-refractivity contribution in [2.75, 3.05) is 11.9 Å². The van der Waals surface area contributed by atoms with Crippen LogP contribution >= 0.6 is 11.6 Å². The third-order valence-corrected chi connectivity index (χ3v) is 2.52. The Bertz CT molecular complexity index is 381. The Labute approximate surface area is 102 Å². The molecule has 1 atom stereocenters. The second-order valence-electron chi connectivity index (χ2n) is 3.63. The average Bonchev–Trinajstić information content (AvgIpc) is 2.25. The molecule has 2 nitrogen and oxygen atoms in total. The van der Waals surface area contributed by atoms with Crippen LogP contribution in [0, 0.1) is 0 Å². The minimum atomic E-state index is -4.47. The van der Waals surface area contributed by atoms with E-state index >= 15 is 0 Å². The summed E-state index contributed by atoms with van der Waals surface area (Å²) in [6.45, 7) is 1.82. The van der Waals surface area contributed by atoms with Crippen molar-refractivity contribution in [1.82, 2.24) is 0 Å². The Morgan fingerprint density at radius 2 is 2.06 bits per heavy atom. The Kier molecular flexibility index (Phi) is 4.65. The fraction of sp³-hybridized carbons (Fsp3) is 0.455. The standard InChI is InChI=1S/C11H13ClF3NO/c1-2-8(17)6-16-10-4-3-7(12)5-9(10)11(13,14)15/h3-5,8,16-17H,2,6H2,1H3. The second-order valence-corrected chi connectivity index (χ2v) is 4.07. The molecule has 1 unspecified atom stereocenters. The number of rotatable bonds is 4. The molecule has 2 N–H and O–H groups in total. The van der Waals surface area contributed by atoms with Crippen molar-refractivity contribution >= 4 is 17.3 Å². The molecule has 1 aromatic carbocycles. The fourth-order valence-electron chi connectivity index (χ4n) is 1.28. The molecule has 0 fully saturated rings.